The third-order valence-electron chi connectivity index (χ3n) is 2.91. The van der Waals surface area contributed by atoms with Gasteiger partial charge in [0.05, 0.1) is 9.99 Å². The Morgan fingerprint density at radius 2 is 1.89 bits per heavy atom. The van der Waals surface area contributed by atoms with Crippen LogP contribution in [0, 0.1) is 6.92 Å². The zero-order chi connectivity index (χ0) is 12.7. The molecule has 0 spiro atoms. The highest BCUT2D eigenvalue weighted by Gasteiger charge is 2.15. The number of aryl methyl sites for hydroxylation is 1. The number of hydrogen-bond donors (Lipinski definition) is 2. The molecule has 0 saturated carbocycles. The van der Waals surface area contributed by atoms with Crippen LogP contribution in [0.3, 0.4) is 0 Å². The highest BCUT2D eigenvalue weighted by molar-refractivity contribution is 9.10. The second-order valence-corrected chi connectivity index (χ2v) is 4.96. The van der Waals surface area contributed by atoms with E-state index in [4.69, 9.17) is 5.73 Å². The van der Waals surface area contributed by atoms with Gasteiger partial charge in [-0.05, 0) is 28.4 Å². The molecule has 0 amide bonds. The van der Waals surface area contributed by atoms with E-state index in [1.165, 1.54) is 11.9 Å². The van der Waals surface area contributed by atoms with Crippen LogP contribution in [0.2, 0.25) is 0 Å². The summed E-state index contributed by atoms with van der Waals surface area (Å²) in [6.07, 6.45) is 1.46. The number of fused-ring (bicyclic) bond motifs is 1. The number of benzene rings is 1. The smallest absolute Gasteiger partial charge is 0.144 e. The first-order valence-corrected chi connectivity index (χ1v) is 6.31. The van der Waals surface area contributed by atoms with Crippen molar-refractivity contribution in [3.8, 4) is 11.1 Å². The molecule has 3 aromatic rings. The van der Waals surface area contributed by atoms with Gasteiger partial charge in [0.25, 0.3) is 0 Å². The molecule has 4 nitrogen and oxygen atoms in total. The summed E-state index contributed by atoms with van der Waals surface area (Å²) in [5, 5.41) is 0.855. The van der Waals surface area contributed by atoms with Gasteiger partial charge in [0, 0.05) is 5.56 Å². The minimum Gasteiger partial charge on any atom is -0.383 e. The maximum Gasteiger partial charge on any atom is 0.144 e. The molecular formula is C13H11BrN4. The van der Waals surface area contributed by atoms with E-state index in [-0.39, 0.29) is 0 Å². The van der Waals surface area contributed by atoms with Crippen LogP contribution < -0.4 is 5.73 Å². The van der Waals surface area contributed by atoms with Crippen LogP contribution in [0.5, 0.6) is 0 Å². The summed E-state index contributed by atoms with van der Waals surface area (Å²) in [6, 6.07) is 8.27. The van der Waals surface area contributed by atoms with Crippen molar-refractivity contribution in [1.82, 2.24) is 15.0 Å². The minimum atomic E-state index is 0.484. The molecular weight excluding hydrogens is 292 g/mol. The van der Waals surface area contributed by atoms with E-state index in [2.05, 4.69) is 62.1 Å². The highest BCUT2D eigenvalue weighted by Crippen LogP contribution is 2.36. The van der Waals surface area contributed by atoms with Crippen molar-refractivity contribution >= 4 is 32.8 Å². The number of nitrogens with one attached hydrogen (secondary N) is 1. The Bertz CT molecular complexity index is 716. The average molecular weight is 303 g/mol. The molecule has 0 aliphatic heterocycles. The number of hydrogen-bond acceptors (Lipinski definition) is 3. The molecule has 3 rings (SSSR count). The fourth-order valence-electron chi connectivity index (χ4n) is 2.01. The molecule has 0 saturated heterocycles. The number of nitrogens with two attached hydrogens (primary N) is 1. The number of nitrogens with zero attached hydrogens (tertiary/aromatic N) is 2. The predicted molar refractivity (Wildman–Crippen MR) is 76.2 cm³/mol. The van der Waals surface area contributed by atoms with E-state index in [0.29, 0.717) is 5.82 Å². The van der Waals surface area contributed by atoms with Gasteiger partial charge >= 0.3 is 0 Å². The molecule has 1 aromatic carbocycles. The van der Waals surface area contributed by atoms with Crippen molar-refractivity contribution in [3.05, 3.63) is 40.8 Å². The molecule has 90 valence electrons. The van der Waals surface area contributed by atoms with Crippen molar-refractivity contribution in [1.29, 1.82) is 0 Å². The summed E-state index contributed by atoms with van der Waals surface area (Å²) >= 11 is 3.52. The van der Waals surface area contributed by atoms with Gasteiger partial charge in [0.2, 0.25) is 0 Å². The van der Waals surface area contributed by atoms with E-state index in [1.54, 1.807) is 0 Å². The van der Waals surface area contributed by atoms with Crippen LogP contribution in [0.25, 0.3) is 22.2 Å². The quantitative estimate of drug-likeness (QED) is 0.725. The predicted octanol–water partition coefficient (Wildman–Crippen LogP) is 3.28. The third kappa shape index (κ3) is 1.67. The first-order chi connectivity index (χ1) is 8.66. The average Bonchev–Trinajstić information content (AvgIpc) is 2.68. The number of nitrogen functional groups attached to an aromatic ring is 1. The third-order valence-corrected chi connectivity index (χ3v) is 3.51. The minimum absolute atomic E-state index is 0.484. The monoisotopic (exact) mass is 302 g/mol. The normalized spacial score (nSPS) is 11.0. The molecule has 2 aromatic heterocycles. The van der Waals surface area contributed by atoms with Gasteiger partial charge in [0.1, 0.15) is 17.8 Å². The number of H-pyrrole nitrogens is 1. The first-order valence-electron chi connectivity index (χ1n) is 5.51. The van der Waals surface area contributed by atoms with E-state index in [9.17, 15) is 0 Å². The van der Waals surface area contributed by atoms with E-state index < -0.39 is 0 Å². The van der Waals surface area contributed by atoms with Crippen molar-refractivity contribution in [2.24, 2.45) is 0 Å². The van der Waals surface area contributed by atoms with E-state index in [1.807, 2.05) is 0 Å². The van der Waals surface area contributed by atoms with E-state index >= 15 is 0 Å². The van der Waals surface area contributed by atoms with Crippen LogP contribution in [0.15, 0.2) is 35.2 Å². The van der Waals surface area contributed by atoms with Crippen LogP contribution in [-0.2, 0) is 0 Å². The molecule has 3 N–H and O–H groups in total. The molecule has 0 fully saturated rings. The molecule has 0 atom stereocenters. The van der Waals surface area contributed by atoms with Gasteiger partial charge in [-0.2, -0.15) is 0 Å². The van der Waals surface area contributed by atoms with Crippen molar-refractivity contribution in [2.75, 3.05) is 5.73 Å². The molecule has 2 heterocycles. The van der Waals surface area contributed by atoms with Crippen molar-refractivity contribution in [3.63, 3.8) is 0 Å². The summed E-state index contributed by atoms with van der Waals surface area (Å²) < 4.78 is 0.869. The largest absolute Gasteiger partial charge is 0.383 e. The van der Waals surface area contributed by atoms with E-state index in [0.717, 1.165) is 26.8 Å². The second-order valence-electron chi connectivity index (χ2n) is 4.16. The van der Waals surface area contributed by atoms with Gasteiger partial charge in [-0.25, -0.2) is 9.97 Å². The molecule has 5 heteroatoms. The second kappa shape index (κ2) is 4.10. The van der Waals surface area contributed by atoms with Gasteiger partial charge in [-0.1, -0.05) is 29.8 Å². The van der Waals surface area contributed by atoms with Gasteiger partial charge < -0.3 is 10.7 Å². The van der Waals surface area contributed by atoms with Gasteiger partial charge in [-0.15, -0.1) is 0 Å². The lowest BCUT2D eigenvalue weighted by Gasteiger charge is -2.03. The number of anilines is 1. The summed E-state index contributed by atoms with van der Waals surface area (Å²) in [5.41, 5.74) is 9.99. The van der Waals surface area contributed by atoms with Gasteiger partial charge in [0.15, 0.2) is 0 Å². The standard InChI is InChI=1S/C13H11BrN4/c1-7-2-4-8(5-3-7)9-10-12(15)16-6-17-13(10)18-11(9)14/h2-6H,1H3,(H3,15,16,17,18). The summed E-state index contributed by atoms with van der Waals surface area (Å²) in [7, 11) is 0. The maximum absolute atomic E-state index is 5.95. The maximum atomic E-state index is 5.95. The SMILES string of the molecule is Cc1ccc(-c2c(Br)[nH]c3ncnc(N)c23)cc1. The summed E-state index contributed by atoms with van der Waals surface area (Å²) in [6.45, 7) is 2.06. The molecule has 0 aliphatic rings. The topological polar surface area (TPSA) is 67.6 Å². The zero-order valence-corrected chi connectivity index (χ0v) is 11.3. The molecule has 0 radical (unpaired) electrons. The lowest BCUT2D eigenvalue weighted by molar-refractivity contribution is 1.20. The lowest BCUT2D eigenvalue weighted by atomic mass is 10.0. The number of halogens is 1. The number of aromatic nitrogens is 3. The molecule has 0 unspecified atom stereocenters. The fourth-order valence-corrected chi connectivity index (χ4v) is 2.62. The first kappa shape index (κ1) is 11.2. The lowest BCUT2D eigenvalue weighted by Crippen LogP contribution is -1.92. The van der Waals surface area contributed by atoms with Crippen LogP contribution in [0.1, 0.15) is 5.56 Å². The molecule has 0 bridgehead atoms. The van der Waals surface area contributed by atoms with Crippen LogP contribution in [0.4, 0.5) is 5.82 Å². The van der Waals surface area contributed by atoms with Crippen molar-refractivity contribution in [2.45, 2.75) is 6.92 Å². The zero-order valence-electron chi connectivity index (χ0n) is 9.74. The molecule has 18 heavy (non-hydrogen) atoms. The van der Waals surface area contributed by atoms with Crippen molar-refractivity contribution < 1.29 is 0 Å². The Balaban J connectivity index is 2.34. The van der Waals surface area contributed by atoms with Crippen LogP contribution >= 0.6 is 15.9 Å². The number of rotatable bonds is 1. The summed E-state index contributed by atoms with van der Waals surface area (Å²) in [4.78, 5) is 11.4. The Morgan fingerprint density at radius 1 is 1.17 bits per heavy atom. The molecule has 0 aliphatic carbocycles. The van der Waals surface area contributed by atoms with Gasteiger partial charge in [-0.3, -0.25) is 0 Å². The Morgan fingerprint density at radius 3 is 2.61 bits per heavy atom. The Labute approximate surface area is 112 Å². The Hall–Kier alpha value is -1.88. The Kier molecular flexibility index (Phi) is 2.56. The highest BCUT2D eigenvalue weighted by atomic mass is 79.9. The summed E-state index contributed by atoms with van der Waals surface area (Å²) in [5.74, 6) is 0.484. The van der Waals surface area contributed by atoms with Crippen LogP contribution in [-0.4, -0.2) is 15.0 Å². The fraction of sp³-hybridized carbons (Fsp3) is 0.0769. The number of aromatic amines is 1.